The van der Waals surface area contributed by atoms with Crippen LogP contribution in [0.15, 0.2) is 60.9 Å². The smallest absolute Gasteiger partial charge is 0.232 e. The van der Waals surface area contributed by atoms with Crippen molar-refractivity contribution in [1.82, 2.24) is 19.9 Å². The summed E-state index contributed by atoms with van der Waals surface area (Å²) in [6.07, 6.45) is 4.97. The molecule has 3 N–H and O–H groups in total. The van der Waals surface area contributed by atoms with Gasteiger partial charge in [0.05, 0.1) is 52.7 Å². The van der Waals surface area contributed by atoms with E-state index in [0.717, 1.165) is 21.1 Å². The minimum absolute atomic E-state index is 0. The number of sulfonamides is 2. The number of hydrogen-bond donors (Lipinski definition) is 2. The molecule has 0 atom stereocenters. The molecular formula is C25H29Cl5N8O4S2. The van der Waals surface area contributed by atoms with Crippen molar-refractivity contribution in [3.63, 3.8) is 0 Å². The molecule has 0 saturated carbocycles. The van der Waals surface area contributed by atoms with Gasteiger partial charge in [0, 0.05) is 14.1 Å². The summed E-state index contributed by atoms with van der Waals surface area (Å²) >= 11 is 28.0. The third-order valence-electron chi connectivity index (χ3n) is 5.15. The number of nitrogen functional groups attached to an aromatic ring is 1. The van der Waals surface area contributed by atoms with Crippen LogP contribution in [0, 0.1) is 0 Å². The predicted molar refractivity (Wildman–Crippen MR) is 183 cm³/mol. The summed E-state index contributed by atoms with van der Waals surface area (Å²) < 4.78 is 48.0. The molecule has 0 saturated heterocycles. The van der Waals surface area contributed by atoms with Gasteiger partial charge in [-0.05, 0) is 47.5 Å². The first kappa shape index (κ1) is 39.2. The lowest BCUT2D eigenvalue weighted by molar-refractivity contribution is 0.598. The Bertz CT molecular complexity index is 1780. The Hall–Kier alpha value is -2.85. The quantitative estimate of drug-likeness (QED) is 0.124. The Kier molecular flexibility index (Phi) is 15.1. The van der Waals surface area contributed by atoms with E-state index in [0.29, 0.717) is 33.6 Å². The van der Waals surface area contributed by atoms with Crippen LogP contribution in [0.3, 0.4) is 0 Å². The average molecular weight is 747 g/mol. The second-order valence-corrected chi connectivity index (χ2v) is 14.2. The van der Waals surface area contributed by atoms with Crippen LogP contribution in [0.5, 0.6) is 0 Å². The molecule has 4 rings (SSSR count). The van der Waals surface area contributed by atoms with Gasteiger partial charge in [0.1, 0.15) is 5.02 Å². The molecule has 2 aromatic heterocycles. The van der Waals surface area contributed by atoms with E-state index in [1.807, 2.05) is 0 Å². The number of aromatic nitrogens is 4. The molecule has 44 heavy (non-hydrogen) atoms. The SMILES string of the molecule is C.CN(c1ccccc1N)S(C)(=O)=O.CN(c1ccccc1Nc1nc(Cl)ncc1Cl)S(C)(=O)=O.Clc1ncc(Cl)c(Cl)n1. The standard InChI is InChI=1S/C12H12Cl2N4O2S.C8H12N2O2S.C4HCl3N2.CH4/c1-18(21(2,19)20)10-6-4-3-5-9(10)16-11-8(13)7-15-12(14)17-11;1-10(13(2,11)12)8-6-4-3-5-7(8)9;5-2-1-8-4(7)9-3(2)6;/h3-7H,1-2H3,(H,15,16,17);3-6H,9H2,1-2H3;1H;1H4. The summed E-state index contributed by atoms with van der Waals surface area (Å²) in [5.74, 6) is 0.297. The van der Waals surface area contributed by atoms with Crippen molar-refractivity contribution < 1.29 is 16.8 Å². The van der Waals surface area contributed by atoms with Crippen LogP contribution in [-0.4, -0.2) is 63.4 Å². The lowest BCUT2D eigenvalue weighted by Gasteiger charge is -2.20. The summed E-state index contributed by atoms with van der Waals surface area (Å²) in [5, 5.41) is 3.86. The van der Waals surface area contributed by atoms with E-state index < -0.39 is 20.0 Å². The van der Waals surface area contributed by atoms with E-state index in [1.165, 1.54) is 26.5 Å². The number of hydrogen-bond acceptors (Lipinski definition) is 10. The van der Waals surface area contributed by atoms with Crippen molar-refractivity contribution in [2.24, 2.45) is 0 Å². The van der Waals surface area contributed by atoms with Crippen LogP contribution in [0.25, 0.3) is 0 Å². The molecule has 2 heterocycles. The van der Waals surface area contributed by atoms with Crippen molar-refractivity contribution in [1.29, 1.82) is 0 Å². The van der Waals surface area contributed by atoms with Crippen LogP contribution >= 0.6 is 58.0 Å². The Balaban J connectivity index is 0.000000359. The highest BCUT2D eigenvalue weighted by molar-refractivity contribution is 7.92. The number of halogens is 5. The molecule has 0 aliphatic rings. The zero-order valence-electron chi connectivity index (χ0n) is 22.9. The topological polar surface area (TPSA) is 164 Å². The molecule has 0 fully saturated rings. The van der Waals surface area contributed by atoms with Crippen molar-refractivity contribution in [2.45, 2.75) is 7.43 Å². The van der Waals surface area contributed by atoms with E-state index in [4.69, 9.17) is 63.7 Å². The number of anilines is 5. The monoisotopic (exact) mass is 744 g/mol. The minimum Gasteiger partial charge on any atom is -0.397 e. The van der Waals surface area contributed by atoms with Gasteiger partial charge in [0.15, 0.2) is 11.0 Å². The highest BCUT2D eigenvalue weighted by Gasteiger charge is 2.17. The Morgan fingerprint density at radius 1 is 0.705 bits per heavy atom. The first-order valence-corrected chi connectivity index (χ1v) is 17.1. The largest absolute Gasteiger partial charge is 0.397 e. The maximum Gasteiger partial charge on any atom is 0.232 e. The molecule has 2 aromatic carbocycles. The van der Waals surface area contributed by atoms with Crippen molar-refractivity contribution >= 4 is 107 Å². The van der Waals surface area contributed by atoms with Crippen LogP contribution < -0.4 is 19.7 Å². The Labute approximate surface area is 282 Å². The maximum atomic E-state index is 11.7. The average Bonchev–Trinajstić information content (AvgIpc) is 2.92. The third kappa shape index (κ3) is 11.9. The zero-order valence-corrected chi connectivity index (χ0v) is 28.3. The molecule has 240 valence electrons. The molecule has 0 spiro atoms. The van der Waals surface area contributed by atoms with Crippen LogP contribution in [0.2, 0.25) is 25.8 Å². The first-order valence-electron chi connectivity index (χ1n) is 11.5. The second-order valence-electron chi connectivity index (χ2n) is 8.28. The molecule has 19 heteroatoms. The fourth-order valence-corrected chi connectivity index (χ4v) is 4.58. The molecule has 12 nitrogen and oxygen atoms in total. The third-order valence-corrected chi connectivity index (χ3v) is 8.84. The summed E-state index contributed by atoms with van der Waals surface area (Å²) in [6.45, 7) is 0. The second kappa shape index (κ2) is 17.0. The van der Waals surface area contributed by atoms with Crippen molar-refractivity contribution in [3.05, 3.63) is 86.7 Å². The fraction of sp³-hybridized carbons (Fsp3) is 0.200. The van der Waals surface area contributed by atoms with Crippen molar-refractivity contribution in [3.8, 4) is 0 Å². The van der Waals surface area contributed by atoms with Gasteiger partial charge in [-0.15, -0.1) is 0 Å². The van der Waals surface area contributed by atoms with E-state index in [-0.39, 0.29) is 28.2 Å². The number of rotatable bonds is 6. The van der Waals surface area contributed by atoms with Gasteiger partial charge in [0.25, 0.3) is 0 Å². The first-order chi connectivity index (χ1) is 19.9. The number of para-hydroxylation sites is 4. The fourth-order valence-electron chi connectivity index (χ4n) is 2.87. The Morgan fingerprint density at radius 2 is 1.16 bits per heavy atom. The van der Waals surface area contributed by atoms with Crippen LogP contribution in [0.4, 0.5) is 28.6 Å². The van der Waals surface area contributed by atoms with Crippen molar-refractivity contribution in [2.75, 3.05) is 46.3 Å². The van der Waals surface area contributed by atoms with Crippen LogP contribution in [-0.2, 0) is 20.0 Å². The summed E-state index contributed by atoms with van der Waals surface area (Å²) in [4.78, 5) is 14.9. The highest BCUT2D eigenvalue weighted by atomic mass is 35.5. The minimum atomic E-state index is -3.39. The molecule has 0 radical (unpaired) electrons. The number of nitrogens with zero attached hydrogens (tertiary/aromatic N) is 6. The number of benzene rings is 2. The summed E-state index contributed by atoms with van der Waals surface area (Å²) in [7, 11) is -3.68. The highest BCUT2D eigenvalue weighted by Crippen LogP contribution is 2.31. The normalized spacial score (nSPS) is 10.7. The van der Waals surface area contributed by atoms with Gasteiger partial charge in [0.2, 0.25) is 30.6 Å². The van der Waals surface area contributed by atoms with Gasteiger partial charge in [-0.25, -0.2) is 31.8 Å². The molecule has 0 bridgehead atoms. The zero-order chi connectivity index (χ0) is 32.5. The Morgan fingerprint density at radius 3 is 1.66 bits per heavy atom. The molecule has 0 amide bonds. The van der Waals surface area contributed by atoms with E-state index >= 15 is 0 Å². The van der Waals surface area contributed by atoms with Gasteiger partial charge < -0.3 is 11.1 Å². The molecule has 0 aliphatic heterocycles. The van der Waals surface area contributed by atoms with Gasteiger partial charge >= 0.3 is 0 Å². The van der Waals surface area contributed by atoms with E-state index in [1.54, 1.807) is 48.5 Å². The lowest BCUT2D eigenvalue weighted by atomic mass is 10.2. The predicted octanol–water partition coefficient (Wildman–Crippen LogP) is 6.66. The van der Waals surface area contributed by atoms with E-state index in [9.17, 15) is 16.8 Å². The molecule has 0 aliphatic carbocycles. The van der Waals surface area contributed by atoms with E-state index in [2.05, 4.69) is 25.3 Å². The lowest BCUT2D eigenvalue weighted by Crippen LogP contribution is -2.25. The summed E-state index contributed by atoms with van der Waals surface area (Å²) in [6, 6.07) is 13.7. The molecule has 0 unspecified atom stereocenters. The van der Waals surface area contributed by atoms with Gasteiger partial charge in [-0.3, -0.25) is 8.61 Å². The van der Waals surface area contributed by atoms with Gasteiger partial charge in [-0.1, -0.05) is 66.5 Å². The molecule has 4 aromatic rings. The number of nitrogens with two attached hydrogens (primary N) is 1. The summed E-state index contributed by atoms with van der Waals surface area (Å²) in [5.41, 5.74) is 7.56. The van der Waals surface area contributed by atoms with Gasteiger partial charge in [-0.2, -0.15) is 4.98 Å². The molecular weight excluding hydrogens is 718 g/mol. The maximum absolute atomic E-state index is 11.7. The number of nitrogens with one attached hydrogen (secondary N) is 1. The van der Waals surface area contributed by atoms with Crippen LogP contribution in [0.1, 0.15) is 7.43 Å².